The lowest BCUT2D eigenvalue weighted by atomic mass is 10.3. The van der Waals surface area contributed by atoms with Gasteiger partial charge in [0.2, 0.25) is 0 Å². The van der Waals surface area contributed by atoms with E-state index in [2.05, 4.69) is 27.1 Å². The minimum Gasteiger partial charge on any atom is -0.350 e. The lowest BCUT2D eigenvalue weighted by Gasteiger charge is -2.03. The van der Waals surface area contributed by atoms with E-state index in [4.69, 9.17) is 4.74 Å². The molecule has 0 aliphatic carbocycles. The minimum absolute atomic E-state index is 0.404. The second-order valence-corrected chi connectivity index (χ2v) is 2.61. The van der Waals surface area contributed by atoms with E-state index in [9.17, 15) is 5.11 Å². The van der Waals surface area contributed by atoms with Crippen LogP contribution in [0.25, 0.3) is 0 Å². The summed E-state index contributed by atoms with van der Waals surface area (Å²) in [6, 6.07) is 0. The first-order valence-electron chi connectivity index (χ1n) is 4.51. The maximum atomic E-state index is 9.18. The number of ether oxygens (including phenoxy) is 1. The van der Waals surface area contributed by atoms with Crippen molar-refractivity contribution >= 4 is 12.0 Å². The zero-order chi connectivity index (χ0) is 11.1. The second kappa shape index (κ2) is 5.94. The molecule has 0 amide bonds. The van der Waals surface area contributed by atoms with Gasteiger partial charge in [0.05, 0.1) is 11.8 Å². The molecular formula is C9H14N4O2. The Bertz CT molecular complexity index is 335. The van der Waals surface area contributed by atoms with Crippen molar-refractivity contribution in [2.45, 2.75) is 13.3 Å². The van der Waals surface area contributed by atoms with Crippen molar-refractivity contribution in [1.82, 2.24) is 10.2 Å². The van der Waals surface area contributed by atoms with Gasteiger partial charge >= 0.3 is 0 Å². The van der Waals surface area contributed by atoms with Gasteiger partial charge in [0.1, 0.15) is 5.82 Å². The summed E-state index contributed by atoms with van der Waals surface area (Å²) in [5.74, 6) is 0.664. The van der Waals surface area contributed by atoms with Gasteiger partial charge in [0.15, 0.2) is 0 Å². The van der Waals surface area contributed by atoms with Gasteiger partial charge in [0, 0.05) is 12.8 Å². The van der Waals surface area contributed by atoms with E-state index < -0.39 is 6.41 Å². The van der Waals surface area contributed by atoms with E-state index in [0.29, 0.717) is 18.0 Å². The molecule has 1 unspecified atom stereocenters. The third-order valence-electron chi connectivity index (χ3n) is 1.57. The maximum Gasteiger partial charge on any atom is 0.255 e. The van der Waals surface area contributed by atoms with Crippen LogP contribution in [0.2, 0.25) is 0 Å². The third kappa shape index (κ3) is 3.53. The number of aliphatic imine (C=N–C) groups is 1. The highest BCUT2D eigenvalue weighted by molar-refractivity contribution is 5.86. The first kappa shape index (κ1) is 11.4. The van der Waals surface area contributed by atoms with E-state index in [-0.39, 0.29) is 0 Å². The predicted molar refractivity (Wildman–Crippen MR) is 57.6 cm³/mol. The molecule has 6 nitrogen and oxygen atoms in total. The molecule has 15 heavy (non-hydrogen) atoms. The zero-order valence-corrected chi connectivity index (χ0v) is 8.47. The Morgan fingerprint density at radius 2 is 2.67 bits per heavy atom. The molecule has 1 aromatic rings. The molecule has 0 bridgehead atoms. The quantitative estimate of drug-likeness (QED) is 0.476. The molecule has 0 aromatic carbocycles. The van der Waals surface area contributed by atoms with Gasteiger partial charge in [-0.05, 0) is 13.1 Å². The van der Waals surface area contributed by atoms with Crippen LogP contribution in [-0.4, -0.2) is 34.5 Å². The van der Waals surface area contributed by atoms with E-state index >= 15 is 0 Å². The Hall–Kier alpha value is -1.66. The summed E-state index contributed by atoms with van der Waals surface area (Å²) in [6.07, 6.45) is 3.43. The Morgan fingerprint density at radius 1 is 1.87 bits per heavy atom. The molecule has 0 saturated heterocycles. The molecule has 1 rings (SSSR count). The molecule has 0 aliphatic heterocycles. The molecule has 1 heterocycles. The van der Waals surface area contributed by atoms with E-state index in [0.717, 1.165) is 0 Å². The van der Waals surface area contributed by atoms with Gasteiger partial charge in [-0.15, -0.1) is 0 Å². The molecule has 1 atom stereocenters. The Morgan fingerprint density at radius 3 is 3.33 bits per heavy atom. The minimum atomic E-state index is -1.14. The number of nitrogens with zero attached hydrogens (tertiary/aromatic N) is 2. The number of aromatic amines is 1. The number of hydrogen-bond donors (Lipinski definition) is 3. The lowest BCUT2D eigenvalue weighted by Crippen LogP contribution is -2.08. The number of rotatable bonds is 6. The van der Waals surface area contributed by atoms with Crippen molar-refractivity contribution in [2.24, 2.45) is 4.99 Å². The fraction of sp³-hybridized carbons (Fsp3) is 0.333. The highest BCUT2D eigenvalue weighted by atomic mass is 16.6. The average molecular weight is 210 g/mol. The summed E-state index contributed by atoms with van der Waals surface area (Å²) in [6.45, 7) is 5.71. The van der Waals surface area contributed by atoms with Crippen LogP contribution < -0.4 is 5.32 Å². The van der Waals surface area contributed by atoms with Crippen molar-refractivity contribution in [3.63, 3.8) is 0 Å². The van der Waals surface area contributed by atoms with Gasteiger partial charge in [-0.3, -0.25) is 5.10 Å². The van der Waals surface area contributed by atoms with Crippen LogP contribution in [0.3, 0.4) is 0 Å². The standard InChI is InChI=1S/C9H14N4O2/c1-3-10-8-7(6-12-13-8)5-11-9(14)15-4-2/h3,5-6,9,14H,1,4H2,2H3,(H2,10,12,13). The average Bonchev–Trinajstić information content (AvgIpc) is 2.64. The molecule has 0 aliphatic rings. The van der Waals surface area contributed by atoms with E-state index in [1.165, 1.54) is 12.4 Å². The SMILES string of the molecule is C=CNc1[nH]ncc1C=NC(O)OCC. The third-order valence-corrected chi connectivity index (χ3v) is 1.57. The van der Waals surface area contributed by atoms with Crippen LogP contribution in [0.4, 0.5) is 5.82 Å². The summed E-state index contributed by atoms with van der Waals surface area (Å²) in [5.41, 5.74) is 0.716. The summed E-state index contributed by atoms with van der Waals surface area (Å²) >= 11 is 0. The first-order chi connectivity index (χ1) is 7.27. The van der Waals surface area contributed by atoms with Gasteiger partial charge in [-0.2, -0.15) is 5.10 Å². The number of H-pyrrole nitrogens is 1. The van der Waals surface area contributed by atoms with Crippen LogP contribution in [0.1, 0.15) is 12.5 Å². The van der Waals surface area contributed by atoms with Gasteiger partial charge < -0.3 is 15.2 Å². The Balaban J connectivity index is 2.62. The number of anilines is 1. The van der Waals surface area contributed by atoms with E-state index in [1.54, 1.807) is 13.1 Å². The zero-order valence-electron chi connectivity index (χ0n) is 8.47. The van der Waals surface area contributed by atoms with Crippen molar-refractivity contribution in [1.29, 1.82) is 0 Å². The number of aliphatic hydroxyl groups is 1. The van der Waals surface area contributed by atoms with Gasteiger partial charge in [0.25, 0.3) is 6.41 Å². The second-order valence-electron chi connectivity index (χ2n) is 2.61. The molecule has 6 heteroatoms. The van der Waals surface area contributed by atoms with Gasteiger partial charge in [-0.25, -0.2) is 4.99 Å². The van der Waals surface area contributed by atoms with Crippen LogP contribution in [0.5, 0.6) is 0 Å². The fourth-order valence-corrected chi connectivity index (χ4v) is 0.947. The normalized spacial score (nSPS) is 12.9. The highest BCUT2D eigenvalue weighted by Crippen LogP contribution is 2.07. The molecule has 0 spiro atoms. The van der Waals surface area contributed by atoms with Crippen molar-refractivity contribution in [3.05, 3.63) is 24.5 Å². The lowest BCUT2D eigenvalue weighted by molar-refractivity contribution is -0.0865. The molecule has 82 valence electrons. The van der Waals surface area contributed by atoms with Crippen LogP contribution in [0, 0.1) is 0 Å². The van der Waals surface area contributed by atoms with Crippen LogP contribution >= 0.6 is 0 Å². The predicted octanol–water partition coefficient (Wildman–Crippen LogP) is 0.696. The molecular weight excluding hydrogens is 196 g/mol. The maximum absolute atomic E-state index is 9.18. The van der Waals surface area contributed by atoms with Crippen LogP contribution in [-0.2, 0) is 4.74 Å². The largest absolute Gasteiger partial charge is 0.350 e. The topological polar surface area (TPSA) is 82.5 Å². The number of aromatic nitrogens is 2. The Labute approximate surface area is 87.7 Å². The molecule has 0 radical (unpaired) electrons. The molecule has 0 saturated carbocycles. The summed E-state index contributed by atoms with van der Waals surface area (Å²) < 4.78 is 4.83. The monoisotopic (exact) mass is 210 g/mol. The van der Waals surface area contributed by atoms with Gasteiger partial charge in [-0.1, -0.05) is 6.58 Å². The molecule has 3 N–H and O–H groups in total. The Kier molecular flexibility index (Phi) is 4.52. The smallest absolute Gasteiger partial charge is 0.255 e. The number of nitrogens with one attached hydrogen (secondary N) is 2. The van der Waals surface area contributed by atoms with Crippen molar-refractivity contribution in [3.8, 4) is 0 Å². The highest BCUT2D eigenvalue weighted by Gasteiger charge is 2.01. The van der Waals surface area contributed by atoms with Crippen molar-refractivity contribution < 1.29 is 9.84 Å². The van der Waals surface area contributed by atoms with Crippen LogP contribution in [0.15, 0.2) is 24.0 Å². The molecule has 1 aromatic heterocycles. The molecule has 0 fully saturated rings. The first-order valence-corrected chi connectivity index (χ1v) is 4.51. The summed E-state index contributed by atoms with van der Waals surface area (Å²) in [4.78, 5) is 3.77. The van der Waals surface area contributed by atoms with Crippen molar-refractivity contribution in [2.75, 3.05) is 11.9 Å². The number of hydrogen-bond acceptors (Lipinski definition) is 5. The van der Waals surface area contributed by atoms with E-state index in [1.807, 2.05) is 0 Å². The number of aliphatic hydroxyl groups excluding tert-OH is 1. The summed E-state index contributed by atoms with van der Waals surface area (Å²) in [7, 11) is 0. The fourth-order valence-electron chi connectivity index (χ4n) is 0.947. The summed E-state index contributed by atoms with van der Waals surface area (Å²) in [5, 5.41) is 18.6.